The molecule has 31 heavy (non-hydrogen) atoms. The molecule has 1 atom stereocenters. The van der Waals surface area contributed by atoms with Gasteiger partial charge in [-0.25, -0.2) is 4.99 Å². The fourth-order valence-electron chi connectivity index (χ4n) is 3.72. The zero-order valence-corrected chi connectivity index (χ0v) is 18.8. The number of thioether (sulfide) groups is 1. The van der Waals surface area contributed by atoms with E-state index in [0.29, 0.717) is 17.3 Å². The van der Waals surface area contributed by atoms with E-state index in [1.807, 2.05) is 49.1 Å². The van der Waals surface area contributed by atoms with E-state index in [9.17, 15) is 4.79 Å². The SMILES string of the molecule is COc1cc2c(cc1OC)C1=NC(=O)[C@@H](C(C)C)N1C(SC/C=C/c1ccccc1)=N2. The number of hydrogen-bond donors (Lipinski definition) is 0. The van der Waals surface area contributed by atoms with Crippen molar-refractivity contribution >= 4 is 40.4 Å². The molecule has 0 unspecified atom stereocenters. The van der Waals surface area contributed by atoms with Crippen LogP contribution in [0.2, 0.25) is 0 Å². The Morgan fingerprint density at radius 1 is 1.10 bits per heavy atom. The van der Waals surface area contributed by atoms with E-state index in [1.54, 1.807) is 26.0 Å². The predicted octanol–water partition coefficient (Wildman–Crippen LogP) is 4.76. The second kappa shape index (κ2) is 8.98. The largest absolute Gasteiger partial charge is 0.493 e. The number of nitrogens with zero attached hydrogens (tertiary/aromatic N) is 3. The molecule has 2 aromatic carbocycles. The summed E-state index contributed by atoms with van der Waals surface area (Å²) in [7, 11) is 3.19. The van der Waals surface area contributed by atoms with Crippen LogP contribution in [0.5, 0.6) is 11.5 Å². The molecule has 2 aliphatic heterocycles. The van der Waals surface area contributed by atoms with Crippen LogP contribution >= 0.6 is 11.8 Å². The van der Waals surface area contributed by atoms with Gasteiger partial charge in [0, 0.05) is 17.4 Å². The molecule has 0 fully saturated rings. The first-order chi connectivity index (χ1) is 15.0. The van der Waals surface area contributed by atoms with Crippen LogP contribution in [0.4, 0.5) is 5.69 Å². The highest BCUT2D eigenvalue weighted by molar-refractivity contribution is 8.14. The minimum absolute atomic E-state index is 0.0982. The fraction of sp³-hybridized carbons (Fsp3) is 0.292. The summed E-state index contributed by atoms with van der Waals surface area (Å²) in [6.45, 7) is 4.06. The Morgan fingerprint density at radius 3 is 2.48 bits per heavy atom. The van der Waals surface area contributed by atoms with Crippen LogP contribution in [-0.2, 0) is 4.79 Å². The summed E-state index contributed by atoms with van der Waals surface area (Å²) < 4.78 is 10.9. The molecule has 0 saturated carbocycles. The first-order valence-corrected chi connectivity index (χ1v) is 11.1. The third-order valence-corrected chi connectivity index (χ3v) is 6.10. The Kier molecular flexibility index (Phi) is 6.13. The van der Waals surface area contributed by atoms with Crippen LogP contribution in [0, 0.1) is 5.92 Å². The van der Waals surface area contributed by atoms with Crippen molar-refractivity contribution in [1.29, 1.82) is 0 Å². The summed E-state index contributed by atoms with van der Waals surface area (Å²) in [5.41, 5.74) is 2.65. The number of carbonyl (C=O) groups excluding carboxylic acids is 1. The molecule has 0 bridgehead atoms. The predicted molar refractivity (Wildman–Crippen MR) is 127 cm³/mol. The van der Waals surface area contributed by atoms with E-state index in [0.717, 1.165) is 27.7 Å². The van der Waals surface area contributed by atoms with Gasteiger partial charge in [-0.05, 0) is 17.5 Å². The highest BCUT2D eigenvalue weighted by Gasteiger charge is 2.43. The molecule has 0 saturated heterocycles. The highest BCUT2D eigenvalue weighted by Crippen LogP contribution is 2.41. The van der Waals surface area contributed by atoms with E-state index < -0.39 is 0 Å². The van der Waals surface area contributed by atoms with Crippen LogP contribution in [0.3, 0.4) is 0 Å². The van der Waals surface area contributed by atoms with Gasteiger partial charge in [-0.3, -0.25) is 9.69 Å². The fourth-order valence-corrected chi connectivity index (χ4v) is 4.56. The van der Waals surface area contributed by atoms with Crippen molar-refractivity contribution in [2.75, 3.05) is 20.0 Å². The number of amidine groups is 2. The number of rotatable bonds is 6. The standard InChI is InChI=1S/C24H25N3O3S/c1-15(2)21-23(28)26-22-17-13-19(29-3)20(30-4)14-18(17)25-24(27(21)22)31-12-8-11-16-9-6-5-7-10-16/h5-11,13-15,21H,12H2,1-4H3/b11-8+/t21-/m1/s1. The van der Waals surface area contributed by atoms with Crippen molar-refractivity contribution in [3.05, 3.63) is 59.7 Å². The minimum Gasteiger partial charge on any atom is -0.493 e. The van der Waals surface area contributed by atoms with Gasteiger partial charge in [0.25, 0.3) is 5.91 Å². The summed E-state index contributed by atoms with van der Waals surface area (Å²) in [6, 6.07) is 13.5. The van der Waals surface area contributed by atoms with Crippen LogP contribution in [0.15, 0.2) is 58.5 Å². The van der Waals surface area contributed by atoms with Gasteiger partial charge in [0.05, 0.1) is 19.9 Å². The normalized spacial score (nSPS) is 17.5. The van der Waals surface area contributed by atoms with Gasteiger partial charge >= 0.3 is 0 Å². The second-order valence-corrected chi connectivity index (χ2v) is 8.56. The van der Waals surface area contributed by atoms with Crippen molar-refractivity contribution in [2.45, 2.75) is 19.9 Å². The van der Waals surface area contributed by atoms with Crippen LogP contribution < -0.4 is 9.47 Å². The van der Waals surface area contributed by atoms with E-state index in [4.69, 9.17) is 14.5 Å². The van der Waals surface area contributed by atoms with Crippen LogP contribution in [0.1, 0.15) is 25.0 Å². The number of amides is 1. The number of hydrogen-bond acceptors (Lipinski definition) is 6. The molecule has 4 rings (SSSR count). The van der Waals surface area contributed by atoms with Gasteiger partial charge in [-0.2, -0.15) is 4.99 Å². The maximum atomic E-state index is 12.8. The molecule has 2 heterocycles. The average molecular weight is 436 g/mol. The Labute approximate surface area is 186 Å². The third-order valence-electron chi connectivity index (χ3n) is 5.19. The Balaban J connectivity index is 1.69. The lowest BCUT2D eigenvalue weighted by atomic mass is 10.0. The van der Waals surface area contributed by atoms with E-state index in [2.05, 4.69) is 29.3 Å². The molecule has 0 aromatic heterocycles. The Bertz CT molecular complexity index is 1080. The molecule has 2 aliphatic rings. The number of benzene rings is 2. The van der Waals surface area contributed by atoms with Gasteiger partial charge in [0.1, 0.15) is 11.9 Å². The zero-order valence-electron chi connectivity index (χ0n) is 18.0. The summed E-state index contributed by atoms with van der Waals surface area (Å²) >= 11 is 1.59. The van der Waals surface area contributed by atoms with Gasteiger partial charge < -0.3 is 9.47 Å². The number of methoxy groups -OCH3 is 2. The van der Waals surface area contributed by atoms with Gasteiger partial charge in [0.2, 0.25) is 0 Å². The lowest BCUT2D eigenvalue weighted by Gasteiger charge is -2.33. The molecular formula is C24H25N3O3S. The molecule has 7 heteroatoms. The number of ether oxygens (including phenoxy) is 2. The van der Waals surface area contributed by atoms with E-state index in [1.165, 1.54) is 0 Å². The summed E-state index contributed by atoms with van der Waals surface area (Å²) in [5.74, 6) is 2.49. The smallest absolute Gasteiger partial charge is 0.271 e. The molecule has 160 valence electrons. The summed E-state index contributed by atoms with van der Waals surface area (Å²) in [5, 5.41) is 0.765. The maximum absolute atomic E-state index is 12.8. The first-order valence-electron chi connectivity index (χ1n) is 10.1. The monoisotopic (exact) mass is 435 g/mol. The number of carbonyl (C=O) groups is 1. The average Bonchev–Trinajstić information content (AvgIpc) is 3.14. The van der Waals surface area contributed by atoms with Gasteiger partial charge in [-0.15, -0.1) is 0 Å². The number of fused-ring (bicyclic) bond motifs is 3. The zero-order chi connectivity index (χ0) is 22.0. The molecule has 2 aromatic rings. The maximum Gasteiger partial charge on any atom is 0.271 e. The van der Waals surface area contributed by atoms with Crippen molar-refractivity contribution in [1.82, 2.24) is 4.90 Å². The van der Waals surface area contributed by atoms with E-state index >= 15 is 0 Å². The summed E-state index contributed by atoms with van der Waals surface area (Å²) in [4.78, 5) is 24.0. The molecule has 0 aliphatic carbocycles. The Hall–Kier alpha value is -3.06. The van der Waals surface area contributed by atoms with Crippen molar-refractivity contribution < 1.29 is 14.3 Å². The van der Waals surface area contributed by atoms with E-state index in [-0.39, 0.29) is 17.9 Å². The molecule has 0 spiro atoms. The summed E-state index contributed by atoms with van der Waals surface area (Å²) in [6.07, 6.45) is 4.19. The lowest BCUT2D eigenvalue weighted by Crippen LogP contribution is -2.46. The molecule has 1 amide bonds. The van der Waals surface area contributed by atoms with Crippen molar-refractivity contribution in [3.63, 3.8) is 0 Å². The van der Waals surface area contributed by atoms with Gasteiger partial charge in [0.15, 0.2) is 16.7 Å². The van der Waals surface area contributed by atoms with Gasteiger partial charge in [-0.1, -0.05) is 68.1 Å². The Morgan fingerprint density at radius 2 is 1.81 bits per heavy atom. The molecule has 6 nitrogen and oxygen atoms in total. The second-order valence-electron chi connectivity index (χ2n) is 7.58. The highest BCUT2D eigenvalue weighted by atomic mass is 32.2. The number of aliphatic imine (C=N–C) groups is 2. The quantitative estimate of drug-likeness (QED) is 0.654. The molecule has 0 radical (unpaired) electrons. The molecule has 0 N–H and O–H groups in total. The van der Waals surface area contributed by atoms with Crippen LogP contribution in [0.25, 0.3) is 6.08 Å². The van der Waals surface area contributed by atoms with Crippen LogP contribution in [-0.4, -0.2) is 47.8 Å². The topological polar surface area (TPSA) is 63.5 Å². The lowest BCUT2D eigenvalue weighted by molar-refractivity contribution is -0.120. The molecular weight excluding hydrogens is 410 g/mol. The van der Waals surface area contributed by atoms with Crippen molar-refractivity contribution in [3.8, 4) is 11.5 Å². The minimum atomic E-state index is -0.361. The third kappa shape index (κ3) is 4.10. The van der Waals surface area contributed by atoms with Crippen molar-refractivity contribution in [2.24, 2.45) is 15.9 Å². The first kappa shape index (κ1) is 21.2.